The molecule has 2 N–H and O–H groups in total. The van der Waals surface area contributed by atoms with Crippen molar-refractivity contribution >= 4 is 23.2 Å². The Morgan fingerprint density at radius 2 is 2.22 bits per heavy atom. The Morgan fingerprint density at radius 3 is 2.72 bits per heavy atom. The molecule has 1 aromatic heterocycles. The number of amides is 1. The molecule has 0 aromatic carbocycles. The lowest BCUT2D eigenvalue weighted by molar-refractivity contribution is -0.151. The first-order valence-corrected chi connectivity index (χ1v) is 7.07. The molecular weight excluding hydrogens is 250 g/mol. The van der Waals surface area contributed by atoms with Crippen LogP contribution in [0, 0.1) is 0 Å². The van der Waals surface area contributed by atoms with Crippen molar-refractivity contribution in [3.8, 4) is 0 Å². The zero-order valence-electron chi connectivity index (χ0n) is 10.1. The fourth-order valence-electron chi connectivity index (χ4n) is 2.13. The van der Waals surface area contributed by atoms with Crippen LogP contribution >= 0.6 is 11.3 Å². The van der Waals surface area contributed by atoms with Crippen LogP contribution in [0.15, 0.2) is 17.5 Å². The van der Waals surface area contributed by atoms with Gasteiger partial charge in [0.05, 0.1) is 0 Å². The number of carboxylic acid groups (broad SMARTS) is 1. The van der Waals surface area contributed by atoms with E-state index in [1.165, 1.54) is 4.88 Å². The summed E-state index contributed by atoms with van der Waals surface area (Å²) in [7, 11) is 0. The zero-order valence-corrected chi connectivity index (χ0v) is 11.0. The van der Waals surface area contributed by atoms with E-state index < -0.39 is 11.5 Å². The number of hydrogen-bond donors (Lipinski definition) is 2. The van der Waals surface area contributed by atoms with Crippen molar-refractivity contribution in [3.63, 3.8) is 0 Å². The minimum atomic E-state index is -0.972. The maximum Gasteiger partial charge on any atom is 0.329 e. The predicted molar refractivity (Wildman–Crippen MR) is 69.6 cm³/mol. The van der Waals surface area contributed by atoms with E-state index in [0.717, 1.165) is 19.3 Å². The zero-order chi connectivity index (χ0) is 13.0. The standard InChI is InChI=1S/C13H17NO3S/c15-11(6-1-4-10-5-2-9-18-10)14-13(12(16)17)7-3-8-13/h2,5,9H,1,3-4,6-8H2,(H,14,15)(H,16,17). The largest absolute Gasteiger partial charge is 0.480 e. The third kappa shape index (κ3) is 2.90. The third-order valence-electron chi connectivity index (χ3n) is 3.40. The average Bonchev–Trinajstić information content (AvgIpc) is 2.76. The molecule has 1 aromatic rings. The summed E-state index contributed by atoms with van der Waals surface area (Å²) in [6, 6.07) is 4.04. The SMILES string of the molecule is O=C(CCCc1cccs1)NC1(C(=O)O)CCC1. The maximum atomic E-state index is 11.7. The highest BCUT2D eigenvalue weighted by atomic mass is 32.1. The summed E-state index contributed by atoms with van der Waals surface area (Å²) < 4.78 is 0. The summed E-state index contributed by atoms with van der Waals surface area (Å²) in [6.07, 6.45) is 4.03. The number of carbonyl (C=O) groups is 2. The van der Waals surface area contributed by atoms with Gasteiger partial charge >= 0.3 is 5.97 Å². The van der Waals surface area contributed by atoms with E-state index in [0.29, 0.717) is 19.3 Å². The minimum Gasteiger partial charge on any atom is -0.480 e. The third-order valence-corrected chi connectivity index (χ3v) is 4.34. The van der Waals surface area contributed by atoms with Crippen LogP contribution in [-0.2, 0) is 16.0 Å². The summed E-state index contributed by atoms with van der Waals surface area (Å²) in [5.41, 5.74) is -0.972. The lowest BCUT2D eigenvalue weighted by Crippen LogP contribution is -2.59. The van der Waals surface area contributed by atoms with Gasteiger partial charge in [-0.05, 0) is 43.6 Å². The van der Waals surface area contributed by atoms with E-state index in [2.05, 4.69) is 5.32 Å². The predicted octanol–water partition coefficient (Wildman–Crippen LogP) is 2.19. The van der Waals surface area contributed by atoms with Gasteiger partial charge in [0.2, 0.25) is 5.91 Å². The molecule has 18 heavy (non-hydrogen) atoms. The van der Waals surface area contributed by atoms with Crippen LogP contribution in [0.3, 0.4) is 0 Å². The highest BCUT2D eigenvalue weighted by molar-refractivity contribution is 7.09. The maximum absolute atomic E-state index is 11.7. The van der Waals surface area contributed by atoms with Crippen molar-refractivity contribution < 1.29 is 14.7 Å². The van der Waals surface area contributed by atoms with Crippen LogP contribution in [0.1, 0.15) is 37.0 Å². The van der Waals surface area contributed by atoms with Gasteiger partial charge in [-0.15, -0.1) is 11.3 Å². The molecule has 1 heterocycles. The fraction of sp³-hybridized carbons (Fsp3) is 0.538. The normalized spacial score (nSPS) is 16.9. The van der Waals surface area contributed by atoms with Gasteiger partial charge in [-0.2, -0.15) is 0 Å². The van der Waals surface area contributed by atoms with E-state index in [4.69, 9.17) is 5.11 Å². The molecule has 1 aliphatic carbocycles. The van der Waals surface area contributed by atoms with Gasteiger partial charge in [0.15, 0.2) is 0 Å². The molecule has 0 bridgehead atoms. The molecule has 0 unspecified atom stereocenters. The molecule has 1 saturated carbocycles. The van der Waals surface area contributed by atoms with Gasteiger partial charge in [0, 0.05) is 11.3 Å². The van der Waals surface area contributed by atoms with Crippen LogP contribution in [0.25, 0.3) is 0 Å². The summed E-state index contributed by atoms with van der Waals surface area (Å²) in [5.74, 6) is -1.05. The van der Waals surface area contributed by atoms with E-state index in [9.17, 15) is 9.59 Å². The van der Waals surface area contributed by atoms with Crippen molar-refractivity contribution in [3.05, 3.63) is 22.4 Å². The monoisotopic (exact) mass is 267 g/mol. The van der Waals surface area contributed by atoms with Gasteiger partial charge in [-0.25, -0.2) is 4.79 Å². The van der Waals surface area contributed by atoms with Crippen molar-refractivity contribution in [2.75, 3.05) is 0 Å². The van der Waals surface area contributed by atoms with E-state index >= 15 is 0 Å². The van der Waals surface area contributed by atoms with Gasteiger partial charge < -0.3 is 10.4 Å². The van der Waals surface area contributed by atoms with E-state index in [1.807, 2.05) is 17.5 Å². The Hall–Kier alpha value is -1.36. The summed E-state index contributed by atoms with van der Waals surface area (Å²) in [6.45, 7) is 0. The lowest BCUT2D eigenvalue weighted by Gasteiger charge is -2.38. The first kappa shape index (κ1) is 13.1. The average molecular weight is 267 g/mol. The second kappa shape index (κ2) is 5.52. The Balaban J connectivity index is 1.73. The second-order valence-electron chi connectivity index (χ2n) is 4.72. The van der Waals surface area contributed by atoms with E-state index in [1.54, 1.807) is 11.3 Å². The van der Waals surface area contributed by atoms with Crippen molar-refractivity contribution in [1.82, 2.24) is 5.32 Å². The van der Waals surface area contributed by atoms with Gasteiger partial charge in [-0.3, -0.25) is 4.79 Å². The highest BCUT2D eigenvalue weighted by Gasteiger charge is 2.45. The first-order chi connectivity index (χ1) is 8.62. The number of aliphatic carboxylic acids is 1. The van der Waals surface area contributed by atoms with Gasteiger partial charge in [0.1, 0.15) is 5.54 Å². The van der Waals surface area contributed by atoms with Crippen LogP contribution in [0.5, 0.6) is 0 Å². The quantitative estimate of drug-likeness (QED) is 0.830. The molecular formula is C13H17NO3S. The molecule has 0 atom stereocenters. The molecule has 98 valence electrons. The molecule has 0 radical (unpaired) electrons. The van der Waals surface area contributed by atoms with Crippen LogP contribution in [0.2, 0.25) is 0 Å². The minimum absolute atomic E-state index is 0.145. The number of nitrogens with one attached hydrogen (secondary N) is 1. The Kier molecular flexibility index (Phi) is 4.01. The summed E-state index contributed by atoms with van der Waals surface area (Å²) in [4.78, 5) is 24.1. The highest BCUT2D eigenvalue weighted by Crippen LogP contribution is 2.32. The Morgan fingerprint density at radius 1 is 1.44 bits per heavy atom. The number of carboxylic acids is 1. The second-order valence-corrected chi connectivity index (χ2v) is 5.75. The van der Waals surface area contributed by atoms with Crippen molar-refractivity contribution in [2.24, 2.45) is 0 Å². The van der Waals surface area contributed by atoms with Crippen molar-refractivity contribution in [1.29, 1.82) is 0 Å². The molecule has 0 saturated heterocycles. The molecule has 1 amide bonds. The van der Waals surface area contributed by atoms with Crippen LogP contribution in [-0.4, -0.2) is 22.5 Å². The Labute approximate surface area is 110 Å². The number of rotatable bonds is 6. The molecule has 5 heteroatoms. The summed E-state index contributed by atoms with van der Waals surface area (Å²) >= 11 is 1.68. The number of aryl methyl sites for hydroxylation is 1. The fourth-order valence-corrected chi connectivity index (χ4v) is 2.88. The first-order valence-electron chi connectivity index (χ1n) is 6.19. The molecule has 2 rings (SSSR count). The lowest BCUT2D eigenvalue weighted by atomic mass is 9.76. The molecule has 0 aliphatic heterocycles. The topological polar surface area (TPSA) is 66.4 Å². The van der Waals surface area contributed by atoms with Crippen LogP contribution < -0.4 is 5.32 Å². The van der Waals surface area contributed by atoms with Crippen molar-refractivity contribution in [2.45, 2.75) is 44.1 Å². The van der Waals surface area contributed by atoms with Crippen LogP contribution in [0.4, 0.5) is 0 Å². The van der Waals surface area contributed by atoms with Gasteiger partial charge in [0.25, 0.3) is 0 Å². The summed E-state index contributed by atoms with van der Waals surface area (Å²) in [5, 5.41) is 13.8. The van der Waals surface area contributed by atoms with Gasteiger partial charge in [-0.1, -0.05) is 6.07 Å². The Bertz CT molecular complexity index is 423. The molecule has 1 fully saturated rings. The number of hydrogen-bond acceptors (Lipinski definition) is 3. The number of carbonyl (C=O) groups excluding carboxylic acids is 1. The molecule has 1 aliphatic rings. The van der Waals surface area contributed by atoms with E-state index in [-0.39, 0.29) is 5.91 Å². The smallest absolute Gasteiger partial charge is 0.329 e. The molecule has 0 spiro atoms. The number of thiophene rings is 1. The molecule has 4 nitrogen and oxygen atoms in total.